The Labute approximate surface area is 188 Å². The minimum Gasteiger partial charge on any atom is -0.508 e. The Bertz CT molecular complexity index is 1080. The third-order valence-corrected chi connectivity index (χ3v) is 6.43. The molecule has 1 aliphatic carbocycles. The van der Waals surface area contributed by atoms with E-state index in [2.05, 4.69) is 17.4 Å². The first-order valence-electron chi connectivity index (χ1n) is 11.2. The summed E-state index contributed by atoms with van der Waals surface area (Å²) in [7, 11) is 0. The molecule has 4 rings (SSSR count). The van der Waals surface area contributed by atoms with Gasteiger partial charge < -0.3 is 15.2 Å². The second kappa shape index (κ2) is 9.03. The van der Waals surface area contributed by atoms with Crippen LogP contribution in [0, 0.1) is 0 Å². The number of benzene rings is 2. The molecule has 32 heavy (non-hydrogen) atoms. The summed E-state index contributed by atoms with van der Waals surface area (Å²) in [4.78, 5) is 26.7. The average molecular weight is 432 g/mol. The molecule has 0 saturated heterocycles. The Morgan fingerprint density at radius 1 is 1.09 bits per heavy atom. The molecule has 2 aliphatic rings. The molecule has 0 spiro atoms. The second-order valence-electron chi connectivity index (χ2n) is 8.64. The summed E-state index contributed by atoms with van der Waals surface area (Å²) in [5.41, 5.74) is 4.59. The first-order chi connectivity index (χ1) is 15.4. The maximum atomic E-state index is 13.5. The summed E-state index contributed by atoms with van der Waals surface area (Å²) >= 11 is 0. The van der Waals surface area contributed by atoms with Crippen LogP contribution >= 0.6 is 0 Å². The molecule has 0 bridgehead atoms. The van der Waals surface area contributed by atoms with Crippen molar-refractivity contribution in [2.75, 3.05) is 0 Å². The SMILES string of the molecule is CC[C@@H](C)OC(=O)C1=C(C)NC2=C(C(=O)C[C@H](c3ccccc3)C2)[C@@H]1c1ccc(O)cc1. The van der Waals surface area contributed by atoms with Crippen LogP contribution in [0.5, 0.6) is 5.75 Å². The Morgan fingerprint density at radius 2 is 1.78 bits per heavy atom. The molecule has 2 aromatic rings. The van der Waals surface area contributed by atoms with Gasteiger partial charge in [-0.05, 0) is 55.9 Å². The van der Waals surface area contributed by atoms with Crippen LogP contribution in [0.3, 0.4) is 0 Å². The standard InChI is InChI=1S/C27H29NO4/c1-4-16(2)32-27(31)24-17(3)28-22-14-20(18-8-6-5-7-9-18)15-23(30)26(22)25(24)19-10-12-21(29)13-11-19/h5-13,16,20,25,28-29H,4,14-15H2,1-3H3/t16-,20-,25-/m1/s1. The van der Waals surface area contributed by atoms with E-state index in [1.807, 2.05) is 39.0 Å². The van der Waals surface area contributed by atoms with Crippen molar-refractivity contribution in [2.24, 2.45) is 0 Å². The number of dihydropyridines is 1. The van der Waals surface area contributed by atoms with Gasteiger partial charge in [-0.15, -0.1) is 0 Å². The second-order valence-corrected chi connectivity index (χ2v) is 8.64. The minimum absolute atomic E-state index is 0.0343. The Morgan fingerprint density at radius 3 is 2.44 bits per heavy atom. The number of aromatic hydroxyl groups is 1. The molecule has 0 fully saturated rings. The zero-order valence-corrected chi connectivity index (χ0v) is 18.7. The van der Waals surface area contributed by atoms with Gasteiger partial charge in [0.15, 0.2) is 5.78 Å². The van der Waals surface area contributed by atoms with Crippen LogP contribution in [0.1, 0.15) is 63.0 Å². The number of phenolic OH excluding ortho intramolecular Hbond substituents is 1. The van der Waals surface area contributed by atoms with Crippen molar-refractivity contribution >= 4 is 11.8 Å². The van der Waals surface area contributed by atoms with Gasteiger partial charge in [0.2, 0.25) is 0 Å². The largest absolute Gasteiger partial charge is 0.508 e. The summed E-state index contributed by atoms with van der Waals surface area (Å²) < 4.78 is 5.67. The van der Waals surface area contributed by atoms with Gasteiger partial charge in [-0.3, -0.25) is 4.79 Å². The number of hydrogen-bond donors (Lipinski definition) is 2. The minimum atomic E-state index is -0.521. The number of rotatable bonds is 5. The van der Waals surface area contributed by atoms with Crippen LogP contribution in [0.25, 0.3) is 0 Å². The van der Waals surface area contributed by atoms with E-state index in [1.54, 1.807) is 24.3 Å². The van der Waals surface area contributed by atoms with E-state index in [1.165, 1.54) is 0 Å². The predicted molar refractivity (Wildman–Crippen MR) is 123 cm³/mol. The molecule has 0 unspecified atom stereocenters. The summed E-state index contributed by atoms with van der Waals surface area (Å²) in [6.07, 6.45) is 1.58. The molecule has 0 radical (unpaired) electrons. The quantitative estimate of drug-likeness (QED) is 0.645. The highest BCUT2D eigenvalue weighted by molar-refractivity contribution is 6.04. The lowest BCUT2D eigenvalue weighted by atomic mass is 9.71. The highest BCUT2D eigenvalue weighted by Gasteiger charge is 2.41. The predicted octanol–water partition coefficient (Wildman–Crippen LogP) is 5.10. The number of esters is 1. The van der Waals surface area contributed by atoms with Crippen molar-refractivity contribution in [1.82, 2.24) is 5.32 Å². The third-order valence-electron chi connectivity index (χ3n) is 6.43. The molecule has 1 heterocycles. The number of allylic oxidation sites excluding steroid dienone is 3. The van der Waals surface area contributed by atoms with Gasteiger partial charge in [0.05, 0.1) is 11.7 Å². The zero-order chi connectivity index (χ0) is 22.8. The van der Waals surface area contributed by atoms with E-state index in [9.17, 15) is 14.7 Å². The third kappa shape index (κ3) is 4.20. The fourth-order valence-electron chi connectivity index (χ4n) is 4.60. The topological polar surface area (TPSA) is 75.6 Å². The number of ketones is 1. The van der Waals surface area contributed by atoms with Gasteiger partial charge in [-0.1, -0.05) is 49.4 Å². The van der Waals surface area contributed by atoms with E-state index < -0.39 is 11.9 Å². The van der Waals surface area contributed by atoms with Crippen molar-refractivity contribution in [2.45, 2.75) is 58.0 Å². The molecule has 5 heteroatoms. The van der Waals surface area contributed by atoms with Gasteiger partial charge in [0, 0.05) is 29.3 Å². The van der Waals surface area contributed by atoms with Crippen molar-refractivity contribution in [3.05, 3.63) is 88.3 Å². The molecule has 1 aliphatic heterocycles. The molecule has 0 aromatic heterocycles. The van der Waals surface area contributed by atoms with E-state index in [4.69, 9.17) is 4.74 Å². The number of Topliss-reactive ketones (excluding diaryl/α,β-unsaturated/α-hetero) is 1. The van der Waals surface area contributed by atoms with Crippen molar-refractivity contribution < 1.29 is 19.4 Å². The van der Waals surface area contributed by atoms with E-state index in [-0.39, 0.29) is 23.6 Å². The number of hydrogen-bond acceptors (Lipinski definition) is 5. The molecule has 0 saturated carbocycles. The maximum absolute atomic E-state index is 13.5. The summed E-state index contributed by atoms with van der Waals surface area (Å²) in [6, 6.07) is 16.8. The molecule has 0 amide bonds. The fraction of sp³-hybridized carbons (Fsp3) is 0.333. The van der Waals surface area contributed by atoms with Crippen molar-refractivity contribution in [1.29, 1.82) is 0 Å². The van der Waals surface area contributed by atoms with E-state index in [0.717, 1.165) is 16.8 Å². The number of carbonyl (C=O) groups excluding carboxylic acids is 2. The van der Waals surface area contributed by atoms with Gasteiger partial charge in [-0.2, -0.15) is 0 Å². The lowest BCUT2D eigenvalue weighted by molar-refractivity contribution is -0.144. The molecular formula is C27H29NO4. The summed E-state index contributed by atoms with van der Waals surface area (Å²) in [6.45, 7) is 5.69. The number of phenols is 1. The van der Waals surface area contributed by atoms with E-state index in [0.29, 0.717) is 36.1 Å². The molecule has 166 valence electrons. The molecule has 2 aromatic carbocycles. The number of ether oxygens (including phenoxy) is 1. The lowest BCUT2D eigenvalue weighted by Crippen LogP contribution is -2.36. The monoisotopic (exact) mass is 431 g/mol. The highest BCUT2D eigenvalue weighted by Crippen LogP contribution is 2.45. The number of carbonyl (C=O) groups is 2. The van der Waals surface area contributed by atoms with Crippen LogP contribution < -0.4 is 5.32 Å². The Balaban J connectivity index is 1.78. The van der Waals surface area contributed by atoms with Gasteiger partial charge in [0.25, 0.3) is 0 Å². The normalized spacial score (nSPS) is 21.7. The van der Waals surface area contributed by atoms with E-state index >= 15 is 0 Å². The van der Waals surface area contributed by atoms with Crippen LogP contribution in [-0.4, -0.2) is 23.0 Å². The summed E-state index contributed by atoms with van der Waals surface area (Å²) in [5.74, 6) is -0.663. The zero-order valence-electron chi connectivity index (χ0n) is 18.7. The number of nitrogens with one attached hydrogen (secondary N) is 1. The average Bonchev–Trinajstić information content (AvgIpc) is 2.79. The van der Waals surface area contributed by atoms with Crippen molar-refractivity contribution in [3.8, 4) is 5.75 Å². The van der Waals surface area contributed by atoms with Gasteiger partial charge in [-0.25, -0.2) is 4.79 Å². The molecular weight excluding hydrogens is 402 g/mol. The molecule has 5 nitrogen and oxygen atoms in total. The lowest BCUT2D eigenvalue weighted by Gasteiger charge is -2.37. The van der Waals surface area contributed by atoms with Crippen LogP contribution in [0.4, 0.5) is 0 Å². The van der Waals surface area contributed by atoms with Gasteiger partial charge >= 0.3 is 5.97 Å². The first-order valence-corrected chi connectivity index (χ1v) is 11.2. The highest BCUT2D eigenvalue weighted by atomic mass is 16.5. The Kier molecular flexibility index (Phi) is 6.17. The fourth-order valence-corrected chi connectivity index (χ4v) is 4.60. The molecule has 3 atom stereocenters. The van der Waals surface area contributed by atoms with Crippen LogP contribution in [-0.2, 0) is 14.3 Å². The van der Waals surface area contributed by atoms with Crippen molar-refractivity contribution in [3.63, 3.8) is 0 Å². The van der Waals surface area contributed by atoms with Gasteiger partial charge in [0.1, 0.15) is 5.75 Å². The Hall–Kier alpha value is -3.34. The summed E-state index contributed by atoms with van der Waals surface area (Å²) in [5, 5.41) is 13.2. The molecule has 2 N–H and O–H groups in total. The van der Waals surface area contributed by atoms with Crippen LogP contribution in [0.15, 0.2) is 77.1 Å². The van der Waals surface area contributed by atoms with Crippen LogP contribution in [0.2, 0.25) is 0 Å². The first kappa shape index (κ1) is 21.9. The maximum Gasteiger partial charge on any atom is 0.337 e. The smallest absolute Gasteiger partial charge is 0.337 e.